The van der Waals surface area contributed by atoms with Gasteiger partial charge in [-0.2, -0.15) is 4.98 Å². The summed E-state index contributed by atoms with van der Waals surface area (Å²) in [7, 11) is 0. The number of nitrogen functional groups attached to an aromatic ring is 1. The van der Waals surface area contributed by atoms with E-state index in [4.69, 9.17) is 10.5 Å². The number of rotatable bonds is 5. The van der Waals surface area contributed by atoms with E-state index in [9.17, 15) is 4.79 Å². The number of nitrogens with two attached hydrogens (primary N) is 1. The van der Waals surface area contributed by atoms with Gasteiger partial charge in [-0.3, -0.25) is 4.79 Å². The molecule has 2 heterocycles. The van der Waals surface area contributed by atoms with E-state index in [-0.39, 0.29) is 18.5 Å². The first-order valence-electron chi connectivity index (χ1n) is 9.59. The number of ether oxygens (including phenoxy) is 1. The van der Waals surface area contributed by atoms with Crippen molar-refractivity contribution in [3.8, 4) is 17.0 Å². The van der Waals surface area contributed by atoms with Crippen molar-refractivity contribution in [3.63, 3.8) is 0 Å². The van der Waals surface area contributed by atoms with Crippen LogP contribution in [0, 0.1) is 0 Å². The summed E-state index contributed by atoms with van der Waals surface area (Å²) in [5.74, 6) is 1.71. The van der Waals surface area contributed by atoms with Crippen molar-refractivity contribution in [3.05, 3.63) is 66.7 Å². The van der Waals surface area contributed by atoms with Crippen molar-refractivity contribution in [2.24, 2.45) is 0 Å². The predicted molar refractivity (Wildman–Crippen MR) is 113 cm³/mol. The molecule has 1 fully saturated rings. The number of para-hydroxylation sites is 1. The van der Waals surface area contributed by atoms with Gasteiger partial charge in [-0.05, 0) is 12.1 Å². The van der Waals surface area contributed by atoms with Gasteiger partial charge in [0, 0.05) is 37.8 Å². The second kappa shape index (κ2) is 8.60. The summed E-state index contributed by atoms with van der Waals surface area (Å²) in [5.41, 5.74) is 7.73. The molecule has 0 atom stereocenters. The Balaban J connectivity index is 1.37. The van der Waals surface area contributed by atoms with Gasteiger partial charge in [0.1, 0.15) is 11.6 Å². The number of piperazine rings is 1. The molecular formula is C22H23N5O2. The third-order valence-corrected chi connectivity index (χ3v) is 4.86. The Hall–Kier alpha value is -3.61. The first-order valence-corrected chi connectivity index (χ1v) is 9.59. The van der Waals surface area contributed by atoms with Crippen LogP contribution >= 0.6 is 0 Å². The smallest absolute Gasteiger partial charge is 0.260 e. The van der Waals surface area contributed by atoms with Gasteiger partial charge in [-0.1, -0.05) is 48.5 Å². The van der Waals surface area contributed by atoms with Gasteiger partial charge in [0.2, 0.25) is 5.95 Å². The molecule has 0 saturated carbocycles. The normalized spacial score (nSPS) is 13.9. The third-order valence-electron chi connectivity index (χ3n) is 4.86. The monoisotopic (exact) mass is 389 g/mol. The number of carbonyl (C=O) groups excluding carboxylic acids is 1. The fraction of sp³-hybridized carbons (Fsp3) is 0.227. The zero-order chi connectivity index (χ0) is 20.1. The highest BCUT2D eigenvalue weighted by Gasteiger charge is 2.23. The number of aromatic nitrogens is 2. The number of nitrogens with zero attached hydrogens (tertiary/aromatic N) is 4. The predicted octanol–water partition coefficient (Wildman–Crippen LogP) is 2.45. The molecule has 7 nitrogen and oxygen atoms in total. The average molecular weight is 389 g/mol. The molecule has 1 aliphatic rings. The Morgan fingerprint density at radius 1 is 0.931 bits per heavy atom. The molecule has 0 radical (unpaired) electrons. The molecule has 0 aliphatic carbocycles. The summed E-state index contributed by atoms with van der Waals surface area (Å²) >= 11 is 0. The van der Waals surface area contributed by atoms with Crippen molar-refractivity contribution in [1.29, 1.82) is 0 Å². The molecule has 0 bridgehead atoms. The van der Waals surface area contributed by atoms with Crippen LogP contribution in [-0.2, 0) is 4.79 Å². The maximum Gasteiger partial charge on any atom is 0.260 e. The Kier molecular flexibility index (Phi) is 5.56. The summed E-state index contributed by atoms with van der Waals surface area (Å²) in [4.78, 5) is 25.1. The highest BCUT2D eigenvalue weighted by molar-refractivity contribution is 5.78. The fourth-order valence-corrected chi connectivity index (χ4v) is 3.31. The number of amides is 1. The molecule has 0 unspecified atom stereocenters. The number of carbonyl (C=O) groups is 1. The summed E-state index contributed by atoms with van der Waals surface area (Å²) in [6.45, 7) is 2.63. The lowest BCUT2D eigenvalue weighted by Crippen LogP contribution is -2.50. The van der Waals surface area contributed by atoms with Crippen LogP contribution in [0.15, 0.2) is 66.7 Å². The van der Waals surface area contributed by atoms with Crippen LogP contribution in [0.3, 0.4) is 0 Å². The van der Waals surface area contributed by atoms with Gasteiger partial charge in [0.05, 0.1) is 5.69 Å². The van der Waals surface area contributed by atoms with E-state index in [2.05, 4.69) is 14.9 Å². The zero-order valence-corrected chi connectivity index (χ0v) is 16.1. The van der Waals surface area contributed by atoms with Gasteiger partial charge < -0.3 is 20.3 Å². The van der Waals surface area contributed by atoms with Crippen LogP contribution in [0.25, 0.3) is 11.3 Å². The quantitative estimate of drug-likeness (QED) is 0.722. The lowest BCUT2D eigenvalue weighted by atomic mass is 10.1. The maximum absolute atomic E-state index is 12.4. The molecule has 4 rings (SSSR count). The lowest BCUT2D eigenvalue weighted by molar-refractivity contribution is -0.133. The summed E-state index contributed by atoms with van der Waals surface area (Å²) in [6.07, 6.45) is 0. The first kappa shape index (κ1) is 18.7. The highest BCUT2D eigenvalue weighted by Crippen LogP contribution is 2.23. The van der Waals surface area contributed by atoms with Gasteiger partial charge in [0.25, 0.3) is 5.91 Å². The van der Waals surface area contributed by atoms with E-state index in [1.54, 1.807) is 0 Å². The number of benzene rings is 2. The van der Waals surface area contributed by atoms with Gasteiger partial charge in [-0.15, -0.1) is 0 Å². The van der Waals surface area contributed by atoms with Crippen molar-refractivity contribution in [2.75, 3.05) is 43.4 Å². The van der Waals surface area contributed by atoms with Crippen LogP contribution in [0.5, 0.6) is 5.75 Å². The summed E-state index contributed by atoms with van der Waals surface area (Å²) in [5, 5.41) is 0. The molecule has 2 aromatic carbocycles. The van der Waals surface area contributed by atoms with Crippen LogP contribution in [-0.4, -0.2) is 53.6 Å². The number of anilines is 2. The molecule has 3 aromatic rings. The standard InChI is InChI=1S/C22H23N5O2/c23-22-24-19(17-7-3-1-4-8-17)15-20(25-22)26-11-13-27(14-12-26)21(28)16-29-18-9-5-2-6-10-18/h1-10,15H,11-14,16H2,(H2,23,24,25). The van der Waals surface area contributed by atoms with Crippen LogP contribution in [0.2, 0.25) is 0 Å². The third kappa shape index (κ3) is 4.63. The maximum atomic E-state index is 12.4. The van der Waals surface area contributed by atoms with E-state index < -0.39 is 0 Å². The average Bonchev–Trinajstić information content (AvgIpc) is 2.78. The Labute approximate surface area is 169 Å². The molecule has 1 saturated heterocycles. The van der Waals surface area contributed by atoms with Gasteiger partial charge in [0.15, 0.2) is 6.61 Å². The molecule has 0 spiro atoms. The van der Waals surface area contributed by atoms with Crippen molar-refractivity contribution in [1.82, 2.24) is 14.9 Å². The van der Waals surface area contributed by atoms with Crippen LogP contribution in [0.1, 0.15) is 0 Å². The SMILES string of the molecule is Nc1nc(-c2ccccc2)cc(N2CCN(C(=O)COc3ccccc3)CC2)n1. The van der Waals surface area contributed by atoms with E-state index >= 15 is 0 Å². The molecule has 1 amide bonds. The zero-order valence-electron chi connectivity index (χ0n) is 16.1. The van der Waals surface area contributed by atoms with Crippen LogP contribution < -0.4 is 15.4 Å². The number of hydrogen-bond donors (Lipinski definition) is 1. The van der Waals surface area contributed by atoms with Crippen molar-refractivity contribution >= 4 is 17.7 Å². The second-order valence-corrected chi connectivity index (χ2v) is 6.81. The first-order chi connectivity index (χ1) is 14.2. The Morgan fingerprint density at radius 2 is 1.59 bits per heavy atom. The highest BCUT2D eigenvalue weighted by atomic mass is 16.5. The van der Waals surface area contributed by atoms with Crippen molar-refractivity contribution in [2.45, 2.75) is 0 Å². The van der Waals surface area contributed by atoms with E-state index in [1.165, 1.54) is 0 Å². The molecule has 7 heteroatoms. The largest absolute Gasteiger partial charge is 0.484 e. The van der Waals surface area contributed by atoms with Crippen LogP contribution in [0.4, 0.5) is 11.8 Å². The molecule has 2 N–H and O–H groups in total. The second-order valence-electron chi connectivity index (χ2n) is 6.81. The number of hydrogen-bond acceptors (Lipinski definition) is 6. The van der Waals surface area contributed by atoms with E-state index in [1.807, 2.05) is 71.6 Å². The lowest BCUT2D eigenvalue weighted by Gasteiger charge is -2.35. The fourth-order valence-electron chi connectivity index (χ4n) is 3.31. The molecule has 1 aromatic heterocycles. The Bertz CT molecular complexity index is 957. The van der Waals surface area contributed by atoms with E-state index in [0.29, 0.717) is 31.9 Å². The molecular weight excluding hydrogens is 366 g/mol. The summed E-state index contributed by atoms with van der Waals surface area (Å²) < 4.78 is 5.57. The van der Waals surface area contributed by atoms with Gasteiger partial charge >= 0.3 is 0 Å². The molecule has 1 aliphatic heterocycles. The topological polar surface area (TPSA) is 84.6 Å². The summed E-state index contributed by atoms with van der Waals surface area (Å²) in [6, 6.07) is 21.2. The minimum atomic E-state index is -0.0133. The Morgan fingerprint density at radius 3 is 2.28 bits per heavy atom. The molecule has 29 heavy (non-hydrogen) atoms. The van der Waals surface area contributed by atoms with Gasteiger partial charge in [-0.25, -0.2) is 4.98 Å². The minimum absolute atomic E-state index is 0.0133. The van der Waals surface area contributed by atoms with E-state index in [0.717, 1.165) is 17.1 Å². The molecule has 148 valence electrons. The van der Waals surface area contributed by atoms with Crippen molar-refractivity contribution < 1.29 is 9.53 Å². The minimum Gasteiger partial charge on any atom is -0.484 e.